The van der Waals surface area contributed by atoms with Gasteiger partial charge < -0.3 is 10.1 Å². The number of fused-ring (bicyclic) bond motifs is 2. The summed E-state index contributed by atoms with van der Waals surface area (Å²) < 4.78 is 46.2. The minimum atomic E-state index is -4.41. The van der Waals surface area contributed by atoms with E-state index in [1.54, 1.807) is 0 Å². The first-order valence-corrected chi connectivity index (χ1v) is 7.45. The van der Waals surface area contributed by atoms with Gasteiger partial charge in [-0.2, -0.15) is 18.2 Å². The van der Waals surface area contributed by atoms with Gasteiger partial charge in [0.05, 0.1) is 6.61 Å². The van der Waals surface area contributed by atoms with Crippen molar-refractivity contribution in [1.29, 1.82) is 0 Å². The molecule has 3 heterocycles. The highest BCUT2D eigenvalue weighted by Crippen LogP contribution is 2.48. The van der Waals surface area contributed by atoms with Gasteiger partial charge in [-0.1, -0.05) is 6.07 Å². The van der Waals surface area contributed by atoms with Crippen LogP contribution in [0, 0.1) is 5.92 Å². The van der Waals surface area contributed by atoms with Gasteiger partial charge in [0.1, 0.15) is 17.6 Å². The topological polar surface area (TPSA) is 47.0 Å². The van der Waals surface area contributed by atoms with Crippen molar-refractivity contribution in [3.05, 3.63) is 41.6 Å². The van der Waals surface area contributed by atoms with Crippen molar-refractivity contribution in [2.45, 2.75) is 24.9 Å². The van der Waals surface area contributed by atoms with Crippen LogP contribution in [0.25, 0.3) is 0 Å². The summed E-state index contributed by atoms with van der Waals surface area (Å²) in [6, 6.07) is 5.88. The van der Waals surface area contributed by atoms with Gasteiger partial charge in [-0.05, 0) is 30.9 Å². The van der Waals surface area contributed by atoms with Crippen LogP contribution in [0.2, 0.25) is 0 Å². The molecule has 4 nitrogen and oxygen atoms in total. The van der Waals surface area contributed by atoms with Crippen LogP contribution >= 0.6 is 0 Å². The van der Waals surface area contributed by atoms with Crippen molar-refractivity contribution in [3.63, 3.8) is 0 Å². The van der Waals surface area contributed by atoms with Crippen LogP contribution in [0.4, 0.5) is 24.8 Å². The van der Waals surface area contributed by atoms with Crippen molar-refractivity contribution in [3.8, 4) is 5.88 Å². The first kappa shape index (κ1) is 14.3. The highest BCUT2D eigenvalue weighted by molar-refractivity contribution is 5.69. The third-order valence-electron chi connectivity index (χ3n) is 4.09. The van der Waals surface area contributed by atoms with Crippen molar-refractivity contribution < 1.29 is 17.9 Å². The van der Waals surface area contributed by atoms with Crippen LogP contribution in [0.5, 0.6) is 5.88 Å². The lowest BCUT2D eigenvalue weighted by Gasteiger charge is -2.29. The van der Waals surface area contributed by atoms with Crippen LogP contribution in [-0.2, 0) is 0 Å². The number of nitrogens with one attached hydrogen (secondary N) is 1. The van der Waals surface area contributed by atoms with E-state index in [-0.39, 0.29) is 22.8 Å². The Bertz CT molecular complexity index is 744. The molecule has 0 bridgehead atoms. The van der Waals surface area contributed by atoms with Crippen molar-refractivity contribution in [2.75, 3.05) is 11.9 Å². The zero-order chi connectivity index (χ0) is 16.0. The molecule has 0 amide bonds. The van der Waals surface area contributed by atoms with Crippen LogP contribution in [0.3, 0.4) is 0 Å². The smallest absolute Gasteiger partial charge is 0.399 e. The van der Waals surface area contributed by atoms with Crippen LogP contribution in [-0.4, -0.2) is 22.8 Å². The standard InChI is InChI=1S/C16H14F3N3O/c17-16(18,19)13-10-2-1-7-20-14(10)22-15-11(13)5-6-12(21-15)23-8-9-3-4-9/h1-2,5-7,9,13H,3-4,8H2,(H,20,21,22). The Labute approximate surface area is 130 Å². The van der Waals surface area contributed by atoms with Crippen molar-refractivity contribution >= 4 is 11.6 Å². The SMILES string of the molecule is FC(F)(F)C1c2cccnc2Nc2nc(OCC3CC3)ccc21. The number of aromatic nitrogens is 2. The molecule has 0 radical (unpaired) electrons. The molecule has 1 unspecified atom stereocenters. The van der Waals surface area contributed by atoms with Gasteiger partial charge in [0.15, 0.2) is 0 Å². The highest BCUT2D eigenvalue weighted by atomic mass is 19.4. The molecule has 120 valence electrons. The molecule has 2 aliphatic rings. The molecule has 1 aliphatic carbocycles. The monoisotopic (exact) mass is 321 g/mol. The summed E-state index contributed by atoms with van der Waals surface area (Å²) >= 11 is 0. The minimum Gasteiger partial charge on any atom is -0.477 e. The Kier molecular flexibility index (Phi) is 3.18. The Morgan fingerprint density at radius 2 is 1.91 bits per heavy atom. The Morgan fingerprint density at radius 1 is 1.13 bits per heavy atom. The molecule has 0 spiro atoms. The van der Waals surface area contributed by atoms with E-state index in [2.05, 4.69) is 15.3 Å². The number of nitrogens with zero attached hydrogens (tertiary/aromatic N) is 2. The summed E-state index contributed by atoms with van der Waals surface area (Å²) in [4.78, 5) is 8.21. The molecule has 7 heteroatoms. The maximum absolute atomic E-state index is 13.5. The normalized spacial score (nSPS) is 19.5. The van der Waals surface area contributed by atoms with E-state index in [1.807, 2.05) is 0 Å². The second kappa shape index (κ2) is 5.11. The minimum absolute atomic E-state index is 0.0942. The Morgan fingerprint density at radius 3 is 2.65 bits per heavy atom. The maximum Gasteiger partial charge on any atom is 0.399 e. The molecular weight excluding hydrogens is 307 g/mol. The Hall–Kier alpha value is -2.31. The second-order valence-corrected chi connectivity index (χ2v) is 5.88. The van der Waals surface area contributed by atoms with Crippen molar-refractivity contribution in [1.82, 2.24) is 9.97 Å². The molecule has 0 saturated heterocycles. The highest BCUT2D eigenvalue weighted by Gasteiger charge is 2.46. The van der Waals surface area contributed by atoms with Crippen LogP contribution < -0.4 is 10.1 Å². The summed E-state index contributed by atoms with van der Waals surface area (Å²) in [6.07, 6.45) is -0.683. The summed E-state index contributed by atoms with van der Waals surface area (Å²) in [6.45, 7) is 0.559. The fraction of sp³-hybridized carbons (Fsp3) is 0.375. The fourth-order valence-corrected chi connectivity index (χ4v) is 2.74. The van der Waals surface area contributed by atoms with E-state index < -0.39 is 12.1 Å². The third kappa shape index (κ3) is 2.71. The summed E-state index contributed by atoms with van der Waals surface area (Å²) in [5.74, 6) is -0.497. The average Bonchev–Trinajstić information content (AvgIpc) is 3.33. The van der Waals surface area contributed by atoms with Gasteiger partial charge in [0.25, 0.3) is 0 Å². The van der Waals surface area contributed by atoms with Crippen LogP contribution in [0.15, 0.2) is 30.5 Å². The van der Waals surface area contributed by atoms with Gasteiger partial charge in [-0.25, -0.2) is 4.98 Å². The van der Waals surface area contributed by atoms with Gasteiger partial charge >= 0.3 is 6.18 Å². The lowest BCUT2D eigenvalue weighted by molar-refractivity contribution is -0.141. The van der Waals surface area contributed by atoms with E-state index in [1.165, 1.54) is 30.5 Å². The molecule has 23 heavy (non-hydrogen) atoms. The number of hydrogen-bond acceptors (Lipinski definition) is 4. The van der Waals surface area contributed by atoms with Gasteiger partial charge in [-0.15, -0.1) is 0 Å². The van der Waals surface area contributed by atoms with E-state index >= 15 is 0 Å². The number of pyridine rings is 2. The summed E-state index contributed by atoms with van der Waals surface area (Å²) in [7, 11) is 0. The zero-order valence-electron chi connectivity index (χ0n) is 12.1. The van der Waals surface area contributed by atoms with Gasteiger partial charge in [-0.3, -0.25) is 0 Å². The molecule has 2 aromatic heterocycles. The number of hydrogen-bond donors (Lipinski definition) is 1. The van der Waals surface area contributed by atoms with Gasteiger partial charge in [0.2, 0.25) is 5.88 Å². The first-order valence-electron chi connectivity index (χ1n) is 7.45. The molecule has 1 atom stereocenters. The quantitative estimate of drug-likeness (QED) is 0.927. The molecule has 1 N–H and O–H groups in total. The number of halogens is 3. The molecular formula is C16H14F3N3O. The zero-order valence-corrected chi connectivity index (χ0v) is 12.1. The van der Waals surface area contributed by atoms with E-state index in [0.717, 1.165) is 12.8 Å². The summed E-state index contributed by atoms with van der Waals surface area (Å²) in [5.41, 5.74) is 0.206. The second-order valence-electron chi connectivity index (χ2n) is 5.88. The molecule has 4 rings (SSSR count). The maximum atomic E-state index is 13.5. The number of rotatable bonds is 3. The molecule has 2 aromatic rings. The third-order valence-corrected chi connectivity index (χ3v) is 4.09. The van der Waals surface area contributed by atoms with E-state index in [4.69, 9.17) is 4.74 Å². The van der Waals surface area contributed by atoms with Gasteiger partial charge in [0, 0.05) is 23.4 Å². The molecule has 1 aliphatic heterocycles. The van der Waals surface area contributed by atoms with Crippen LogP contribution in [0.1, 0.15) is 29.9 Å². The van der Waals surface area contributed by atoms with E-state index in [9.17, 15) is 13.2 Å². The number of anilines is 2. The predicted octanol–water partition coefficient (Wildman–Crippen LogP) is 4.02. The van der Waals surface area contributed by atoms with E-state index in [0.29, 0.717) is 18.4 Å². The largest absolute Gasteiger partial charge is 0.477 e. The average molecular weight is 321 g/mol. The number of ether oxygens (including phenoxy) is 1. The van der Waals surface area contributed by atoms with Crippen molar-refractivity contribution in [2.24, 2.45) is 5.92 Å². The molecule has 1 fully saturated rings. The number of alkyl halides is 3. The lowest BCUT2D eigenvalue weighted by atomic mass is 9.89. The summed E-state index contributed by atoms with van der Waals surface area (Å²) in [5, 5.41) is 2.88. The molecule has 0 aromatic carbocycles. The fourth-order valence-electron chi connectivity index (χ4n) is 2.74. The lowest BCUT2D eigenvalue weighted by Crippen LogP contribution is -2.27. The molecule has 1 saturated carbocycles. The first-order chi connectivity index (χ1) is 11.0. The predicted molar refractivity (Wildman–Crippen MR) is 77.9 cm³/mol. The Balaban J connectivity index is 1.72.